The van der Waals surface area contributed by atoms with Crippen molar-refractivity contribution in [3.05, 3.63) is 22.6 Å². The molecule has 0 aromatic carbocycles. The summed E-state index contributed by atoms with van der Waals surface area (Å²) in [6.45, 7) is 1.73. The molecule has 0 aliphatic carbocycles. The van der Waals surface area contributed by atoms with E-state index in [9.17, 15) is 4.79 Å². The van der Waals surface area contributed by atoms with Gasteiger partial charge in [-0.2, -0.15) is 0 Å². The van der Waals surface area contributed by atoms with Gasteiger partial charge < -0.3 is 4.74 Å². The van der Waals surface area contributed by atoms with E-state index in [-0.39, 0.29) is 11.8 Å². The Morgan fingerprint density at radius 3 is 3.00 bits per heavy atom. The van der Waals surface area contributed by atoms with Gasteiger partial charge in [-0.05, 0) is 28.9 Å². The van der Waals surface area contributed by atoms with Crippen LogP contribution in [0.5, 0.6) is 0 Å². The van der Waals surface area contributed by atoms with Crippen LogP contribution in [0.25, 0.3) is 11.2 Å². The molecule has 7 heteroatoms. The number of imidazole rings is 1. The highest BCUT2D eigenvalue weighted by molar-refractivity contribution is 9.10. The lowest BCUT2D eigenvalue weighted by Crippen LogP contribution is -2.19. The number of carbonyl (C=O) groups excluding carboxylic acids is 1. The standard InChI is InChI=1S/C11H11BrClN3O2/c1-6(11(17)18-2)16-9(4-13)15-8-3-7(12)5-14-10(8)16/h3,5-6H,4H2,1-2H3. The van der Waals surface area contributed by atoms with Crippen molar-refractivity contribution in [2.24, 2.45) is 0 Å². The van der Waals surface area contributed by atoms with Gasteiger partial charge in [0.2, 0.25) is 0 Å². The number of halogens is 2. The normalized spacial score (nSPS) is 12.7. The van der Waals surface area contributed by atoms with E-state index in [0.717, 1.165) is 4.47 Å². The lowest BCUT2D eigenvalue weighted by atomic mass is 10.3. The van der Waals surface area contributed by atoms with E-state index in [2.05, 4.69) is 25.9 Å². The lowest BCUT2D eigenvalue weighted by molar-refractivity contribution is -0.143. The lowest BCUT2D eigenvalue weighted by Gasteiger charge is -2.13. The minimum absolute atomic E-state index is 0.204. The van der Waals surface area contributed by atoms with Gasteiger partial charge in [-0.25, -0.2) is 14.8 Å². The Balaban J connectivity index is 2.63. The van der Waals surface area contributed by atoms with Crippen molar-refractivity contribution in [2.45, 2.75) is 18.8 Å². The molecule has 0 radical (unpaired) electrons. The third-order valence-corrected chi connectivity index (χ3v) is 3.29. The molecule has 2 aromatic heterocycles. The van der Waals surface area contributed by atoms with Crippen LogP contribution in [0.2, 0.25) is 0 Å². The van der Waals surface area contributed by atoms with Crippen molar-refractivity contribution in [2.75, 3.05) is 7.11 Å². The quantitative estimate of drug-likeness (QED) is 0.640. The number of ether oxygens (including phenoxy) is 1. The maximum absolute atomic E-state index is 11.6. The Labute approximate surface area is 117 Å². The molecule has 1 atom stereocenters. The first-order valence-corrected chi connectivity index (χ1v) is 6.57. The fraction of sp³-hybridized carbons (Fsp3) is 0.364. The average Bonchev–Trinajstić information content (AvgIpc) is 2.74. The third kappa shape index (κ3) is 2.22. The molecular weight excluding hydrogens is 321 g/mol. The molecule has 1 unspecified atom stereocenters. The molecule has 0 saturated heterocycles. The van der Waals surface area contributed by atoms with Crippen LogP contribution in [0.3, 0.4) is 0 Å². The van der Waals surface area contributed by atoms with Crippen molar-refractivity contribution in [1.29, 1.82) is 0 Å². The summed E-state index contributed by atoms with van der Waals surface area (Å²) in [7, 11) is 1.35. The van der Waals surface area contributed by atoms with E-state index in [4.69, 9.17) is 16.3 Å². The Bertz CT molecular complexity index is 599. The summed E-state index contributed by atoms with van der Waals surface area (Å²) in [5, 5.41) is 0. The number of hydrogen-bond donors (Lipinski definition) is 0. The second kappa shape index (κ2) is 5.24. The maximum Gasteiger partial charge on any atom is 0.328 e. The highest BCUT2D eigenvalue weighted by atomic mass is 79.9. The second-order valence-electron chi connectivity index (χ2n) is 3.73. The highest BCUT2D eigenvalue weighted by Crippen LogP contribution is 2.23. The van der Waals surface area contributed by atoms with Crippen LogP contribution in [0, 0.1) is 0 Å². The average molecular weight is 333 g/mol. The van der Waals surface area contributed by atoms with E-state index in [0.29, 0.717) is 17.0 Å². The second-order valence-corrected chi connectivity index (χ2v) is 4.91. The topological polar surface area (TPSA) is 57.0 Å². The summed E-state index contributed by atoms with van der Waals surface area (Å²) in [6.07, 6.45) is 1.66. The first-order valence-electron chi connectivity index (χ1n) is 5.24. The number of pyridine rings is 1. The Kier molecular flexibility index (Phi) is 3.87. The summed E-state index contributed by atoms with van der Waals surface area (Å²) in [5.41, 5.74) is 1.31. The van der Waals surface area contributed by atoms with Crippen molar-refractivity contribution < 1.29 is 9.53 Å². The summed E-state index contributed by atoms with van der Waals surface area (Å²) in [6, 6.07) is 1.32. The molecule has 96 valence electrons. The van der Waals surface area contributed by atoms with Crippen molar-refractivity contribution in [3.63, 3.8) is 0 Å². The molecular formula is C11H11BrClN3O2. The number of fused-ring (bicyclic) bond motifs is 1. The number of carbonyl (C=O) groups is 1. The highest BCUT2D eigenvalue weighted by Gasteiger charge is 2.22. The number of methoxy groups -OCH3 is 1. The number of rotatable bonds is 3. The van der Waals surface area contributed by atoms with Gasteiger partial charge in [-0.3, -0.25) is 4.57 Å². The predicted octanol–water partition coefficient (Wildman–Crippen LogP) is 2.67. The van der Waals surface area contributed by atoms with Gasteiger partial charge in [0.15, 0.2) is 5.65 Å². The van der Waals surface area contributed by atoms with Gasteiger partial charge in [-0.15, -0.1) is 11.6 Å². The van der Waals surface area contributed by atoms with Crippen LogP contribution in [-0.2, 0) is 15.4 Å². The number of hydrogen-bond acceptors (Lipinski definition) is 4. The fourth-order valence-electron chi connectivity index (χ4n) is 1.78. The van der Waals surface area contributed by atoms with Crippen LogP contribution in [0.15, 0.2) is 16.7 Å². The van der Waals surface area contributed by atoms with Crippen molar-refractivity contribution in [3.8, 4) is 0 Å². The smallest absolute Gasteiger partial charge is 0.328 e. The summed E-state index contributed by atoms with van der Waals surface area (Å²) >= 11 is 9.19. The van der Waals surface area contributed by atoms with Crippen molar-refractivity contribution >= 4 is 44.7 Å². The Hall–Kier alpha value is -1.14. The van der Waals surface area contributed by atoms with E-state index in [1.807, 2.05) is 6.07 Å². The molecule has 0 fully saturated rings. The molecule has 2 aromatic rings. The monoisotopic (exact) mass is 331 g/mol. The van der Waals surface area contributed by atoms with Crippen LogP contribution < -0.4 is 0 Å². The van der Waals surface area contributed by atoms with Gasteiger partial charge in [0.1, 0.15) is 17.4 Å². The van der Waals surface area contributed by atoms with Gasteiger partial charge in [0.25, 0.3) is 0 Å². The zero-order valence-corrected chi connectivity index (χ0v) is 12.2. The van der Waals surface area contributed by atoms with Crippen LogP contribution in [0.4, 0.5) is 0 Å². The summed E-state index contributed by atoms with van der Waals surface area (Å²) < 4.78 is 7.26. The minimum Gasteiger partial charge on any atom is -0.467 e. The number of alkyl halides is 1. The molecule has 0 saturated carbocycles. The predicted molar refractivity (Wildman–Crippen MR) is 71.5 cm³/mol. The molecule has 0 bridgehead atoms. The number of nitrogens with zero attached hydrogens (tertiary/aromatic N) is 3. The molecule has 2 rings (SSSR count). The van der Waals surface area contributed by atoms with Gasteiger partial charge in [0, 0.05) is 10.7 Å². The summed E-state index contributed by atoms with van der Waals surface area (Å²) in [4.78, 5) is 20.3. The molecule has 2 heterocycles. The van der Waals surface area contributed by atoms with Gasteiger partial charge in [0.05, 0.1) is 13.0 Å². The molecule has 0 aliphatic rings. The van der Waals surface area contributed by atoms with E-state index in [1.165, 1.54) is 7.11 Å². The zero-order valence-electron chi connectivity index (χ0n) is 9.85. The van der Waals surface area contributed by atoms with E-state index in [1.54, 1.807) is 17.7 Å². The Morgan fingerprint density at radius 1 is 1.67 bits per heavy atom. The molecule has 5 nitrogen and oxygen atoms in total. The van der Waals surface area contributed by atoms with Crippen LogP contribution in [0.1, 0.15) is 18.8 Å². The first kappa shape index (κ1) is 13.3. The maximum atomic E-state index is 11.6. The van der Waals surface area contributed by atoms with E-state index >= 15 is 0 Å². The largest absolute Gasteiger partial charge is 0.467 e. The van der Waals surface area contributed by atoms with Crippen molar-refractivity contribution in [1.82, 2.24) is 14.5 Å². The summed E-state index contributed by atoms with van der Waals surface area (Å²) in [5.74, 6) is 0.440. The zero-order chi connectivity index (χ0) is 13.3. The van der Waals surface area contributed by atoms with E-state index < -0.39 is 6.04 Å². The molecule has 0 amide bonds. The third-order valence-electron chi connectivity index (χ3n) is 2.62. The SMILES string of the molecule is COC(=O)C(C)n1c(CCl)nc2cc(Br)cnc21. The molecule has 0 N–H and O–H groups in total. The van der Waals surface area contributed by atoms with Crippen LogP contribution in [-0.4, -0.2) is 27.6 Å². The Morgan fingerprint density at radius 2 is 2.39 bits per heavy atom. The minimum atomic E-state index is -0.512. The van der Waals surface area contributed by atoms with Gasteiger partial charge >= 0.3 is 5.97 Å². The first-order chi connectivity index (χ1) is 8.58. The molecule has 0 aliphatic heterocycles. The van der Waals surface area contributed by atoms with Gasteiger partial charge in [-0.1, -0.05) is 0 Å². The number of aromatic nitrogens is 3. The van der Waals surface area contributed by atoms with Crippen LogP contribution >= 0.6 is 27.5 Å². The molecule has 18 heavy (non-hydrogen) atoms. The fourth-order valence-corrected chi connectivity index (χ4v) is 2.29. The molecule has 0 spiro atoms. The number of esters is 1.